The Hall–Kier alpha value is -2.97. The predicted octanol–water partition coefficient (Wildman–Crippen LogP) is 3.54. The fraction of sp³-hybridized carbons (Fsp3) is 0.571. The van der Waals surface area contributed by atoms with Crippen LogP contribution in [-0.4, -0.2) is 42.7 Å². The van der Waals surface area contributed by atoms with Gasteiger partial charge in [0.2, 0.25) is 0 Å². The minimum atomic E-state index is -0.974. The Morgan fingerprint density at radius 2 is 1.77 bits per heavy atom. The van der Waals surface area contributed by atoms with Crippen molar-refractivity contribution in [3.05, 3.63) is 39.4 Å². The van der Waals surface area contributed by atoms with Crippen LogP contribution in [-0.2, 0) is 19.0 Å². The third-order valence-corrected chi connectivity index (χ3v) is 5.35. The molecule has 0 N–H and O–H groups in total. The molecule has 0 spiro atoms. The lowest BCUT2D eigenvalue weighted by atomic mass is 9.75. The minimum absolute atomic E-state index is 0.169. The average Bonchev–Trinajstić information content (AvgIpc) is 2.70. The zero-order chi connectivity index (χ0) is 22.4. The van der Waals surface area contributed by atoms with Crippen LogP contribution >= 0.6 is 0 Å². The molecule has 30 heavy (non-hydrogen) atoms. The molecular formula is C21H27NO8. The highest BCUT2D eigenvalue weighted by Gasteiger charge is 2.33. The van der Waals surface area contributed by atoms with Crippen molar-refractivity contribution < 1.29 is 33.5 Å². The van der Waals surface area contributed by atoms with E-state index >= 15 is 0 Å². The van der Waals surface area contributed by atoms with Crippen LogP contribution in [0.3, 0.4) is 0 Å². The summed E-state index contributed by atoms with van der Waals surface area (Å²) < 4.78 is 15.1. The van der Waals surface area contributed by atoms with Crippen molar-refractivity contribution in [1.29, 1.82) is 0 Å². The van der Waals surface area contributed by atoms with E-state index in [1.165, 1.54) is 0 Å². The maximum Gasteiger partial charge on any atom is 0.344 e. The van der Waals surface area contributed by atoms with Crippen LogP contribution in [0, 0.1) is 27.9 Å². The van der Waals surface area contributed by atoms with Crippen molar-refractivity contribution in [2.75, 3.05) is 13.7 Å². The third kappa shape index (κ3) is 6.01. The Balaban J connectivity index is 2.04. The number of hydrogen-bond acceptors (Lipinski definition) is 8. The van der Waals surface area contributed by atoms with Gasteiger partial charge >= 0.3 is 17.9 Å². The maximum absolute atomic E-state index is 12.3. The van der Waals surface area contributed by atoms with Gasteiger partial charge in [0.05, 0.1) is 23.2 Å². The molecule has 0 bridgehead atoms. The molecular weight excluding hydrogens is 394 g/mol. The highest BCUT2D eigenvalue weighted by atomic mass is 16.6. The number of carbonyl (C=O) groups excluding carboxylic acids is 3. The highest BCUT2D eigenvalue weighted by molar-refractivity contribution is 5.97. The molecule has 3 atom stereocenters. The molecule has 0 amide bonds. The van der Waals surface area contributed by atoms with Gasteiger partial charge in [0.25, 0.3) is 5.69 Å². The number of nitrogens with zero attached hydrogens (tertiary/aromatic N) is 1. The van der Waals surface area contributed by atoms with Crippen LogP contribution in [0.1, 0.15) is 60.7 Å². The van der Waals surface area contributed by atoms with Crippen molar-refractivity contribution in [3.8, 4) is 0 Å². The van der Waals surface area contributed by atoms with E-state index in [1.807, 2.05) is 0 Å². The standard InChI is InChI=1S/C21H27NO8/c1-12(2)17-6-5-13(3)7-18(17)30-19(23)11-29-21(25)15-8-14(20(24)28-4)9-16(10-15)22(26)27/h8-10,12-13,17-18H,5-7,11H2,1-4H3/t13-,17-,18+/m1/s1. The number of methoxy groups -OCH3 is 1. The van der Waals surface area contributed by atoms with Gasteiger partial charge in [-0.25, -0.2) is 14.4 Å². The number of non-ortho nitro benzene ring substituents is 1. The Kier molecular flexibility index (Phi) is 7.91. The van der Waals surface area contributed by atoms with Gasteiger partial charge in [0.15, 0.2) is 6.61 Å². The minimum Gasteiger partial charge on any atom is -0.465 e. The topological polar surface area (TPSA) is 122 Å². The molecule has 0 unspecified atom stereocenters. The van der Waals surface area contributed by atoms with Crippen molar-refractivity contribution >= 4 is 23.6 Å². The van der Waals surface area contributed by atoms with E-state index < -0.39 is 35.1 Å². The molecule has 1 aliphatic rings. The molecule has 0 aliphatic heterocycles. The summed E-state index contributed by atoms with van der Waals surface area (Å²) in [6.45, 7) is 5.66. The summed E-state index contributed by atoms with van der Waals surface area (Å²) in [4.78, 5) is 46.6. The first-order chi connectivity index (χ1) is 14.1. The molecule has 0 aromatic heterocycles. The van der Waals surface area contributed by atoms with E-state index in [1.54, 1.807) is 0 Å². The van der Waals surface area contributed by atoms with Gasteiger partial charge in [-0.05, 0) is 36.7 Å². The van der Waals surface area contributed by atoms with E-state index in [4.69, 9.17) is 9.47 Å². The molecule has 0 heterocycles. The van der Waals surface area contributed by atoms with Crippen LogP contribution in [0.5, 0.6) is 0 Å². The quantitative estimate of drug-likeness (QED) is 0.283. The summed E-state index contributed by atoms with van der Waals surface area (Å²) in [7, 11) is 1.12. The van der Waals surface area contributed by atoms with E-state index in [-0.39, 0.29) is 23.1 Å². The zero-order valence-corrected chi connectivity index (χ0v) is 17.6. The number of benzene rings is 1. The van der Waals surface area contributed by atoms with Crippen LogP contribution < -0.4 is 0 Å². The number of esters is 3. The van der Waals surface area contributed by atoms with Crippen LogP contribution in [0.15, 0.2) is 18.2 Å². The van der Waals surface area contributed by atoms with Crippen LogP contribution in [0.4, 0.5) is 5.69 Å². The van der Waals surface area contributed by atoms with Gasteiger partial charge < -0.3 is 14.2 Å². The second-order valence-electron chi connectivity index (χ2n) is 7.95. The Morgan fingerprint density at radius 1 is 1.13 bits per heavy atom. The average molecular weight is 421 g/mol. The Morgan fingerprint density at radius 3 is 2.33 bits per heavy atom. The Labute approximate surface area is 174 Å². The zero-order valence-electron chi connectivity index (χ0n) is 17.6. The highest BCUT2D eigenvalue weighted by Crippen LogP contribution is 2.35. The summed E-state index contributed by atoms with van der Waals surface area (Å²) >= 11 is 0. The number of rotatable bonds is 7. The Bertz CT molecular complexity index is 819. The number of nitro groups is 1. The normalized spacial score (nSPS) is 21.0. The summed E-state index contributed by atoms with van der Waals surface area (Å²) in [5.74, 6) is -1.43. The molecule has 1 saturated carbocycles. The maximum atomic E-state index is 12.3. The van der Waals surface area contributed by atoms with E-state index in [9.17, 15) is 24.5 Å². The van der Waals surface area contributed by atoms with E-state index in [0.717, 1.165) is 44.6 Å². The predicted molar refractivity (Wildman–Crippen MR) is 106 cm³/mol. The smallest absolute Gasteiger partial charge is 0.344 e. The summed E-state index contributed by atoms with van der Waals surface area (Å²) in [6, 6.07) is 3.08. The van der Waals surface area contributed by atoms with Crippen molar-refractivity contribution in [1.82, 2.24) is 0 Å². The fourth-order valence-corrected chi connectivity index (χ4v) is 3.73. The molecule has 2 rings (SSSR count). The first-order valence-corrected chi connectivity index (χ1v) is 9.86. The molecule has 1 aliphatic carbocycles. The summed E-state index contributed by atoms with van der Waals surface area (Å²) in [5, 5.41) is 11.1. The lowest BCUT2D eigenvalue weighted by molar-refractivity contribution is -0.384. The lowest BCUT2D eigenvalue weighted by Crippen LogP contribution is -2.36. The van der Waals surface area contributed by atoms with Gasteiger partial charge in [-0.1, -0.05) is 27.2 Å². The summed E-state index contributed by atoms with van der Waals surface area (Å²) in [5.41, 5.74) is -0.871. The SMILES string of the molecule is COC(=O)c1cc(C(=O)OCC(=O)O[C@H]2C[C@H](C)CC[C@@H]2C(C)C)cc([N+](=O)[O-])c1. The molecule has 1 aromatic carbocycles. The number of carbonyl (C=O) groups is 3. The van der Waals surface area contributed by atoms with E-state index in [2.05, 4.69) is 25.5 Å². The van der Waals surface area contributed by atoms with Crippen LogP contribution in [0.25, 0.3) is 0 Å². The lowest BCUT2D eigenvalue weighted by Gasteiger charge is -2.36. The van der Waals surface area contributed by atoms with Crippen molar-refractivity contribution in [2.45, 2.75) is 46.1 Å². The first kappa shape index (κ1) is 23.3. The molecule has 1 aromatic rings. The second kappa shape index (κ2) is 10.2. The number of hydrogen-bond donors (Lipinski definition) is 0. The van der Waals surface area contributed by atoms with Crippen molar-refractivity contribution in [3.63, 3.8) is 0 Å². The molecule has 0 saturated heterocycles. The molecule has 0 radical (unpaired) electrons. The second-order valence-corrected chi connectivity index (χ2v) is 7.95. The fourth-order valence-electron chi connectivity index (χ4n) is 3.73. The summed E-state index contributed by atoms with van der Waals surface area (Å²) in [6.07, 6.45) is 2.58. The van der Waals surface area contributed by atoms with Gasteiger partial charge in [0.1, 0.15) is 6.10 Å². The monoisotopic (exact) mass is 421 g/mol. The largest absolute Gasteiger partial charge is 0.465 e. The number of nitro benzene ring substituents is 1. The molecule has 9 nitrogen and oxygen atoms in total. The first-order valence-electron chi connectivity index (χ1n) is 9.86. The van der Waals surface area contributed by atoms with Crippen LogP contribution in [0.2, 0.25) is 0 Å². The molecule has 164 valence electrons. The van der Waals surface area contributed by atoms with Gasteiger partial charge in [-0.3, -0.25) is 10.1 Å². The van der Waals surface area contributed by atoms with Crippen molar-refractivity contribution in [2.24, 2.45) is 17.8 Å². The molecule has 1 fully saturated rings. The van der Waals surface area contributed by atoms with Gasteiger partial charge in [-0.15, -0.1) is 0 Å². The van der Waals surface area contributed by atoms with E-state index in [0.29, 0.717) is 11.8 Å². The number of ether oxygens (including phenoxy) is 3. The van der Waals surface area contributed by atoms with Gasteiger partial charge in [-0.2, -0.15) is 0 Å². The third-order valence-electron chi connectivity index (χ3n) is 5.35. The van der Waals surface area contributed by atoms with Gasteiger partial charge in [0, 0.05) is 12.1 Å². The molecule has 9 heteroatoms.